The molecule has 1 aliphatic carbocycles. The van der Waals surface area contributed by atoms with Crippen LogP contribution in [0.15, 0.2) is 30.5 Å². The molecule has 1 aromatic heterocycles. The van der Waals surface area contributed by atoms with E-state index in [1.54, 1.807) is 24.4 Å². The van der Waals surface area contributed by atoms with Gasteiger partial charge in [0.15, 0.2) is 0 Å². The molecule has 0 atom stereocenters. The van der Waals surface area contributed by atoms with Crippen LogP contribution in [0.2, 0.25) is 15.1 Å². The van der Waals surface area contributed by atoms with E-state index in [4.69, 9.17) is 39.5 Å². The molecule has 1 aliphatic rings. The Bertz CT molecular complexity index is 639. The zero-order valence-electron chi connectivity index (χ0n) is 11.1. The molecule has 0 saturated heterocycles. The van der Waals surface area contributed by atoms with Crippen molar-refractivity contribution in [2.75, 3.05) is 0 Å². The average Bonchev–Trinajstić information content (AvgIpc) is 3.22. The van der Waals surface area contributed by atoms with Crippen molar-refractivity contribution in [1.82, 2.24) is 10.3 Å². The van der Waals surface area contributed by atoms with Crippen molar-refractivity contribution in [3.63, 3.8) is 0 Å². The fourth-order valence-corrected chi connectivity index (χ4v) is 2.62. The summed E-state index contributed by atoms with van der Waals surface area (Å²) in [5.74, 6) is 0.843. The Hall–Kier alpha value is -1.00. The molecule has 21 heavy (non-hydrogen) atoms. The van der Waals surface area contributed by atoms with Gasteiger partial charge in [0.1, 0.15) is 10.8 Å². The highest BCUT2D eigenvalue weighted by molar-refractivity contribution is 6.34. The Kier molecular flexibility index (Phi) is 4.55. The number of nitrogens with one attached hydrogen (secondary N) is 1. The van der Waals surface area contributed by atoms with Gasteiger partial charge in [-0.3, -0.25) is 0 Å². The molecule has 0 aliphatic heterocycles. The van der Waals surface area contributed by atoms with Crippen molar-refractivity contribution < 1.29 is 4.74 Å². The maximum Gasteiger partial charge on any atom is 0.238 e. The van der Waals surface area contributed by atoms with Crippen LogP contribution in [0.4, 0.5) is 0 Å². The second-order valence-electron chi connectivity index (χ2n) is 4.99. The van der Waals surface area contributed by atoms with Crippen molar-refractivity contribution in [3.05, 3.63) is 51.1 Å². The molecule has 3 nitrogen and oxygen atoms in total. The number of hydrogen-bond acceptors (Lipinski definition) is 3. The lowest BCUT2D eigenvalue weighted by atomic mass is 10.3. The number of hydrogen-bond donors (Lipinski definition) is 1. The number of nitrogens with zero attached hydrogens (tertiary/aromatic N) is 1. The normalized spacial score (nSPS) is 14.2. The first-order chi connectivity index (χ1) is 10.1. The van der Waals surface area contributed by atoms with Gasteiger partial charge in [-0.05, 0) is 42.7 Å². The van der Waals surface area contributed by atoms with Gasteiger partial charge in [0.05, 0.1) is 0 Å². The predicted molar refractivity (Wildman–Crippen MR) is 85.6 cm³/mol. The van der Waals surface area contributed by atoms with Crippen LogP contribution in [-0.4, -0.2) is 11.0 Å². The molecule has 1 aromatic carbocycles. The first kappa shape index (κ1) is 14.9. The third-order valence-corrected chi connectivity index (χ3v) is 3.79. The van der Waals surface area contributed by atoms with Gasteiger partial charge in [-0.15, -0.1) is 0 Å². The molecular weight excluding hydrogens is 331 g/mol. The first-order valence-corrected chi connectivity index (χ1v) is 7.75. The van der Waals surface area contributed by atoms with Crippen LogP contribution in [0.1, 0.15) is 18.4 Å². The Morgan fingerprint density at radius 1 is 1.10 bits per heavy atom. The van der Waals surface area contributed by atoms with Gasteiger partial charge in [-0.2, -0.15) is 0 Å². The zero-order valence-corrected chi connectivity index (χ0v) is 13.3. The van der Waals surface area contributed by atoms with Gasteiger partial charge in [-0.1, -0.05) is 34.8 Å². The molecule has 0 radical (unpaired) electrons. The zero-order chi connectivity index (χ0) is 14.8. The van der Waals surface area contributed by atoms with E-state index in [0.717, 1.165) is 12.1 Å². The summed E-state index contributed by atoms with van der Waals surface area (Å²) in [6.45, 7) is 0.765. The minimum atomic E-state index is 0.338. The minimum Gasteiger partial charge on any atom is -0.437 e. The molecule has 1 heterocycles. The molecule has 0 amide bonds. The Balaban J connectivity index is 1.72. The number of aromatic nitrogens is 1. The van der Waals surface area contributed by atoms with E-state index in [1.165, 1.54) is 12.8 Å². The monoisotopic (exact) mass is 342 g/mol. The third kappa shape index (κ3) is 4.24. The standard InChI is InChI=1S/C15H13Cl3N2O/c16-10-4-11(17)6-13(5-10)21-15-14(18)3-9(8-20-15)7-19-12-1-2-12/h3-6,8,12,19H,1-2,7H2. The Morgan fingerprint density at radius 3 is 2.43 bits per heavy atom. The SMILES string of the molecule is Clc1cc(Cl)cc(Oc2ncc(CNC3CC3)cc2Cl)c1. The average molecular weight is 344 g/mol. The largest absolute Gasteiger partial charge is 0.437 e. The predicted octanol–water partition coefficient (Wildman–Crippen LogP) is 5.09. The van der Waals surface area contributed by atoms with Crippen LogP contribution in [0.5, 0.6) is 11.6 Å². The topological polar surface area (TPSA) is 34.1 Å². The van der Waals surface area contributed by atoms with Gasteiger partial charge in [-0.25, -0.2) is 4.98 Å². The molecule has 0 unspecified atom stereocenters. The van der Waals surface area contributed by atoms with E-state index >= 15 is 0 Å². The molecule has 2 aromatic rings. The van der Waals surface area contributed by atoms with Crippen LogP contribution in [-0.2, 0) is 6.54 Å². The van der Waals surface area contributed by atoms with Crippen molar-refractivity contribution in [2.24, 2.45) is 0 Å². The van der Waals surface area contributed by atoms with Crippen LogP contribution >= 0.6 is 34.8 Å². The fraction of sp³-hybridized carbons (Fsp3) is 0.267. The smallest absolute Gasteiger partial charge is 0.238 e. The van der Waals surface area contributed by atoms with E-state index in [1.807, 2.05) is 6.07 Å². The van der Waals surface area contributed by atoms with Crippen LogP contribution in [0, 0.1) is 0 Å². The molecule has 1 N–H and O–H groups in total. The first-order valence-electron chi connectivity index (χ1n) is 6.62. The van der Waals surface area contributed by atoms with Crippen molar-refractivity contribution in [1.29, 1.82) is 0 Å². The van der Waals surface area contributed by atoms with E-state index in [-0.39, 0.29) is 0 Å². The van der Waals surface area contributed by atoms with Crippen molar-refractivity contribution in [3.8, 4) is 11.6 Å². The summed E-state index contributed by atoms with van der Waals surface area (Å²) in [7, 11) is 0. The lowest BCUT2D eigenvalue weighted by Gasteiger charge is -2.09. The summed E-state index contributed by atoms with van der Waals surface area (Å²) in [4.78, 5) is 4.25. The highest BCUT2D eigenvalue weighted by Crippen LogP contribution is 2.31. The van der Waals surface area contributed by atoms with E-state index < -0.39 is 0 Å². The van der Waals surface area contributed by atoms with Crippen LogP contribution in [0.25, 0.3) is 0 Å². The number of pyridine rings is 1. The molecule has 0 bridgehead atoms. The summed E-state index contributed by atoms with van der Waals surface area (Å²) in [5.41, 5.74) is 1.03. The molecular formula is C15H13Cl3N2O. The highest BCUT2D eigenvalue weighted by Gasteiger charge is 2.20. The summed E-state index contributed by atoms with van der Waals surface area (Å²) in [6.07, 6.45) is 4.25. The number of rotatable bonds is 5. The summed E-state index contributed by atoms with van der Waals surface area (Å²) >= 11 is 18.1. The maximum absolute atomic E-state index is 6.21. The summed E-state index contributed by atoms with van der Waals surface area (Å²) < 4.78 is 5.63. The van der Waals surface area contributed by atoms with E-state index in [0.29, 0.717) is 32.7 Å². The molecule has 3 rings (SSSR count). The van der Waals surface area contributed by atoms with Gasteiger partial charge >= 0.3 is 0 Å². The van der Waals surface area contributed by atoms with Crippen LogP contribution < -0.4 is 10.1 Å². The van der Waals surface area contributed by atoms with E-state index in [2.05, 4.69) is 10.3 Å². The fourth-order valence-electron chi connectivity index (χ4n) is 1.89. The lowest BCUT2D eigenvalue weighted by molar-refractivity contribution is 0.462. The van der Waals surface area contributed by atoms with Crippen molar-refractivity contribution in [2.45, 2.75) is 25.4 Å². The summed E-state index contributed by atoms with van der Waals surface area (Å²) in [5, 5.41) is 4.87. The quantitative estimate of drug-likeness (QED) is 0.821. The molecule has 1 saturated carbocycles. The number of ether oxygens (including phenoxy) is 1. The van der Waals surface area contributed by atoms with Gasteiger partial charge in [0.2, 0.25) is 5.88 Å². The number of benzene rings is 1. The lowest BCUT2D eigenvalue weighted by Crippen LogP contribution is -2.15. The van der Waals surface area contributed by atoms with Crippen LogP contribution in [0.3, 0.4) is 0 Å². The molecule has 1 fully saturated rings. The van der Waals surface area contributed by atoms with Gasteiger partial charge in [0.25, 0.3) is 0 Å². The maximum atomic E-state index is 6.21. The third-order valence-electron chi connectivity index (χ3n) is 3.09. The Morgan fingerprint density at radius 2 is 1.81 bits per heavy atom. The minimum absolute atomic E-state index is 0.338. The molecule has 110 valence electrons. The highest BCUT2D eigenvalue weighted by atomic mass is 35.5. The number of halogens is 3. The van der Waals surface area contributed by atoms with Gasteiger partial charge in [0, 0.05) is 28.8 Å². The summed E-state index contributed by atoms with van der Waals surface area (Å²) in [6, 6.07) is 7.46. The van der Waals surface area contributed by atoms with Gasteiger partial charge < -0.3 is 10.1 Å². The molecule has 0 spiro atoms. The van der Waals surface area contributed by atoms with Crippen molar-refractivity contribution >= 4 is 34.8 Å². The Labute approximate surface area is 138 Å². The second kappa shape index (κ2) is 6.41. The molecule has 6 heteroatoms. The van der Waals surface area contributed by atoms with E-state index in [9.17, 15) is 0 Å². The second-order valence-corrected chi connectivity index (χ2v) is 6.27.